The predicted molar refractivity (Wildman–Crippen MR) is 79.7 cm³/mol. The van der Waals surface area contributed by atoms with Gasteiger partial charge in [0.25, 0.3) is 0 Å². The van der Waals surface area contributed by atoms with Crippen LogP contribution in [-0.4, -0.2) is 7.11 Å². The van der Waals surface area contributed by atoms with Gasteiger partial charge in [-0.25, -0.2) is 0 Å². The molecule has 19 heavy (non-hydrogen) atoms. The van der Waals surface area contributed by atoms with Gasteiger partial charge >= 0.3 is 0 Å². The van der Waals surface area contributed by atoms with Crippen molar-refractivity contribution in [2.45, 2.75) is 6.42 Å². The van der Waals surface area contributed by atoms with Crippen LogP contribution < -0.4 is 4.74 Å². The average Bonchev–Trinajstić information content (AvgIpc) is 2.85. The quantitative estimate of drug-likeness (QED) is 0.693. The molecule has 0 spiro atoms. The molecule has 0 fully saturated rings. The first-order chi connectivity index (χ1) is 9.28. The number of ether oxygens (including phenoxy) is 1. The Morgan fingerprint density at radius 2 is 1.89 bits per heavy atom. The summed E-state index contributed by atoms with van der Waals surface area (Å²) in [6, 6.07) is 16.2. The molecule has 0 N–H and O–H groups in total. The van der Waals surface area contributed by atoms with Crippen molar-refractivity contribution in [2.75, 3.05) is 7.11 Å². The first kappa shape index (κ1) is 12.3. The van der Waals surface area contributed by atoms with E-state index in [4.69, 9.17) is 9.15 Å². The maximum absolute atomic E-state index is 5.92. The zero-order valence-corrected chi connectivity index (χ0v) is 12.1. The Hall–Kier alpha value is -1.74. The third kappa shape index (κ3) is 2.38. The molecule has 0 bridgehead atoms. The summed E-state index contributed by atoms with van der Waals surface area (Å²) in [5.74, 6) is 1.70. The van der Waals surface area contributed by atoms with Gasteiger partial charge in [-0.3, -0.25) is 0 Å². The summed E-state index contributed by atoms with van der Waals surface area (Å²) in [4.78, 5) is 0. The van der Waals surface area contributed by atoms with E-state index >= 15 is 0 Å². The van der Waals surface area contributed by atoms with E-state index in [-0.39, 0.29) is 0 Å². The number of furan rings is 1. The van der Waals surface area contributed by atoms with Crippen molar-refractivity contribution in [3.05, 3.63) is 64.3 Å². The minimum Gasteiger partial charge on any atom is -0.493 e. The van der Waals surface area contributed by atoms with E-state index in [1.165, 1.54) is 5.56 Å². The van der Waals surface area contributed by atoms with E-state index in [0.29, 0.717) is 0 Å². The van der Waals surface area contributed by atoms with Gasteiger partial charge in [-0.2, -0.15) is 0 Å². The Kier molecular flexibility index (Phi) is 3.30. The molecule has 0 aliphatic rings. The molecule has 0 aliphatic heterocycles. The molecule has 1 aromatic heterocycles. The van der Waals surface area contributed by atoms with Crippen molar-refractivity contribution >= 4 is 26.9 Å². The van der Waals surface area contributed by atoms with Crippen molar-refractivity contribution in [1.82, 2.24) is 0 Å². The molecule has 96 valence electrons. The van der Waals surface area contributed by atoms with Gasteiger partial charge in [-0.05, 0) is 23.8 Å². The molecule has 0 radical (unpaired) electrons. The fraction of sp³-hybridized carbons (Fsp3) is 0.125. The number of methoxy groups -OCH3 is 1. The van der Waals surface area contributed by atoms with Crippen molar-refractivity contribution in [1.29, 1.82) is 0 Å². The Bertz CT molecular complexity index is 701. The molecule has 1 heterocycles. The number of benzene rings is 2. The lowest BCUT2D eigenvalue weighted by atomic mass is 10.1. The number of fused-ring (bicyclic) bond motifs is 1. The third-order valence-electron chi connectivity index (χ3n) is 3.09. The lowest BCUT2D eigenvalue weighted by molar-refractivity contribution is 0.408. The largest absolute Gasteiger partial charge is 0.493 e. The SMILES string of the molecule is COc1ccc(Br)c2cc(Cc3ccccc3)oc12. The summed E-state index contributed by atoms with van der Waals surface area (Å²) in [5.41, 5.74) is 2.03. The molecule has 3 aromatic rings. The molecule has 3 heteroatoms. The maximum Gasteiger partial charge on any atom is 0.177 e. The van der Waals surface area contributed by atoms with Crippen LogP contribution in [0.5, 0.6) is 5.75 Å². The van der Waals surface area contributed by atoms with Gasteiger partial charge in [0, 0.05) is 16.3 Å². The van der Waals surface area contributed by atoms with Crippen molar-refractivity contribution < 1.29 is 9.15 Å². The van der Waals surface area contributed by atoms with E-state index < -0.39 is 0 Å². The molecule has 3 rings (SSSR count). The maximum atomic E-state index is 5.92. The molecule has 0 atom stereocenters. The smallest absolute Gasteiger partial charge is 0.177 e. The molecule has 0 aliphatic carbocycles. The number of hydrogen-bond acceptors (Lipinski definition) is 2. The molecule has 0 saturated carbocycles. The highest BCUT2D eigenvalue weighted by Crippen LogP contribution is 2.34. The Labute approximate surface area is 120 Å². The van der Waals surface area contributed by atoms with Crippen LogP contribution in [0, 0.1) is 0 Å². The zero-order chi connectivity index (χ0) is 13.2. The fourth-order valence-corrected chi connectivity index (χ4v) is 2.59. The lowest BCUT2D eigenvalue weighted by Crippen LogP contribution is -1.83. The summed E-state index contributed by atoms with van der Waals surface area (Å²) in [6.07, 6.45) is 0.783. The molecule has 0 amide bonds. The Morgan fingerprint density at radius 1 is 1.11 bits per heavy atom. The van der Waals surface area contributed by atoms with Gasteiger partial charge in [0.2, 0.25) is 0 Å². The number of halogens is 1. The summed E-state index contributed by atoms with van der Waals surface area (Å²) in [7, 11) is 1.65. The molecule has 0 saturated heterocycles. The van der Waals surface area contributed by atoms with Crippen LogP contribution in [0.15, 0.2) is 57.4 Å². The topological polar surface area (TPSA) is 22.4 Å². The van der Waals surface area contributed by atoms with Crippen LogP contribution in [0.3, 0.4) is 0 Å². The fourth-order valence-electron chi connectivity index (χ4n) is 2.16. The zero-order valence-electron chi connectivity index (χ0n) is 10.5. The highest BCUT2D eigenvalue weighted by molar-refractivity contribution is 9.10. The van der Waals surface area contributed by atoms with E-state index in [1.54, 1.807) is 7.11 Å². The predicted octanol–water partition coefficient (Wildman–Crippen LogP) is 4.79. The Morgan fingerprint density at radius 3 is 2.63 bits per heavy atom. The van der Waals surface area contributed by atoms with Gasteiger partial charge in [-0.1, -0.05) is 46.3 Å². The first-order valence-corrected chi connectivity index (χ1v) is 6.86. The monoisotopic (exact) mass is 316 g/mol. The number of hydrogen-bond donors (Lipinski definition) is 0. The minimum atomic E-state index is 0.762. The summed E-state index contributed by atoms with van der Waals surface area (Å²) in [6.45, 7) is 0. The van der Waals surface area contributed by atoms with Gasteiger partial charge in [0.05, 0.1) is 7.11 Å². The average molecular weight is 317 g/mol. The summed E-state index contributed by atoms with van der Waals surface area (Å²) in [5, 5.41) is 1.05. The normalized spacial score (nSPS) is 10.8. The standard InChI is InChI=1S/C16H13BrO2/c1-18-15-8-7-14(17)13-10-12(19-16(13)15)9-11-5-3-2-4-6-11/h2-8,10H,9H2,1H3. The van der Waals surface area contributed by atoms with E-state index in [1.807, 2.05) is 30.3 Å². The highest BCUT2D eigenvalue weighted by Gasteiger charge is 2.12. The molecule has 2 nitrogen and oxygen atoms in total. The van der Waals surface area contributed by atoms with E-state index in [0.717, 1.165) is 33.4 Å². The second-order valence-electron chi connectivity index (χ2n) is 4.37. The van der Waals surface area contributed by atoms with Gasteiger partial charge in [0.1, 0.15) is 5.76 Å². The molecule has 2 aromatic carbocycles. The Balaban J connectivity index is 2.04. The minimum absolute atomic E-state index is 0.762. The van der Waals surface area contributed by atoms with Crippen LogP contribution in [-0.2, 0) is 6.42 Å². The van der Waals surface area contributed by atoms with E-state index in [9.17, 15) is 0 Å². The van der Waals surface area contributed by atoms with Crippen LogP contribution in [0.4, 0.5) is 0 Å². The third-order valence-corrected chi connectivity index (χ3v) is 3.78. The lowest BCUT2D eigenvalue weighted by Gasteiger charge is -2.00. The van der Waals surface area contributed by atoms with Crippen LogP contribution in [0.2, 0.25) is 0 Å². The molecule has 0 unspecified atom stereocenters. The van der Waals surface area contributed by atoms with Gasteiger partial charge in [-0.15, -0.1) is 0 Å². The first-order valence-electron chi connectivity index (χ1n) is 6.07. The van der Waals surface area contributed by atoms with Crippen LogP contribution in [0.1, 0.15) is 11.3 Å². The molecular formula is C16H13BrO2. The highest BCUT2D eigenvalue weighted by atomic mass is 79.9. The molecular weight excluding hydrogens is 304 g/mol. The van der Waals surface area contributed by atoms with Gasteiger partial charge in [0.15, 0.2) is 11.3 Å². The number of rotatable bonds is 3. The van der Waals surface area contributed by atoms with Crippen LogP contribution >= 0.6 is 15.9 Å². The van der Waals surface area contributed by atoms with Crippen molar-refractivity contribution in [3.8, 4) is 5.75 Å². The van der Waals surface area contributed by atoms with E-state index in [2.05, 4.69) is 34.1 Å². The summed E-state index contributed by atoms with van der Waals surface area (Å²) < 4.78 is 12.3. The summed E-state index contributed by atoms with van der Waals surface area (Å²) >= 11 is 3.54. The second kappa shape index (κ2) is 5.10. The van der Waals surface area contributed by atoms with Gasteiger partial charge < -0.3 is 9.15 Å². The van der Waals surface area contributed by atoms with Crippen LogP contribution in [0.25, 0.3) is 11.0 Å². The second-order valence-corrected chi connectivity index (χ2v) is 5.22. The van der Waals surface area contributed by atoms with Crippen molar-refractivity contribution in [3.63, 3.8) is 0 Å². The van der Waals surface area contributed by atoms with Crippen molar-refractivity contribution in [2.24, 2.45) is 0 Å².